The molecular weight excluding hydrogens is 226 g/mol. The fourth-order valence-corrected chi connectivity index (χ4v) is 1.24. The summed E-state index contributed by atoms with van der Waals surface area (Å²) in [6.07, 6.45) is 2.85. The lowest BCUT2D eigenvalue weighted by Crippen LogP contribution is -2.13. The standard InChI is InChI=1S/C11H8ClN3O/c12-9-6-13-11(14-7-9)15-10(16)8-4-2-1-3-5-8/h1-7H,(H,13,14,15,16). The third-order valence-electron chi connectivity index (χ3n) is 1.88. The molecule has 0 fully saturated rings. The van der Waals surface area contributed by atoms with Crippen LogP contribution in [0.1, 0.15) is 10.4 Å². The van der Waals surface area contributed by atoms with Gasteiger partial charge in [-0.2, -0.15) is 0 Å². The van der Waals surface area contributed by atoms with Gasteiger partial charge in [0.15, 0.2) is 0 Å². The van der Waals surface area contributed by atoms with Gasteiger partial charge in [-0.15, -0.1) is 0 Å². The van der Waals surface area contributed by atoms with E-state index in [1.54, 1.807) is 24.3 Å². The highest BCUT2D eigenvalue weighted by molar-refractivity contribution is 6.30. The van der Waals surface area contributed by atoms with Crippen molar-refractivity contribution < 1.29 is 4.79 Å². The van der Waals surface area contributed by atoms with E-state index >= 15 is 0 Å². The molecule has 1 heterocycles. The first kappa shape index (κ1) is 10.6. The molecule has 0 radical (unpaired) electrons. The van der Waals surface area contributed by atoms with E-state index in [0.29, 0.717) is 10.6 Å². The minimum atomic E-state index is -0.247. The number of carbonyl (C=O) groups is 1. The summed E-state index contributed by atoms with van der Waals surface area (Å²) in [5.74, 6) is -0.0128. The van der Waals surface area contributed by atoms with E-state index in [1.165, 1.54) is 12.4 Å². The quantitative estimate of drug-likeness (QED) is 0.867. The average Bonchev–Trinajstić information content (AvgIpc) is 2.33. The molecule has 0 unspecified atom stereocenters. The highest BCUT2D eigenvalue weighted by Gasteiger charge is 2.06. The van der Waals surface area contributed by atoms with Gasteiger partial charge in [-0.25, -0.2) is 9.97 Å². The van der Waals surface area contributed by atoms with Gasteiger partial charge in [-0.1, -0.05) is 29.8 Å². The summed E-state index contributed by atoms with van der Waals surface area (Å²) in [4.78, 5) is 19.4. The minimum Gasteiger partial charge on any atom is -0.290 e. The van der Waals surface area contributed by atoms with Gasteiger partial charge in [0.2, 0.25) is 5.95 Å². The molecule has 2 rings (SSSR count). The van der Waals surface area contributed by atoms with Gasteiger partial charge in [0.05, 0.1) is 17.4 Å². The number of nitrogens with one attached hydrogen (secondary N) is 1. The van der Waals surface area contributed by atoms with Crippen molar-refractivity contribution in [2.24, 2.45) is 0 Å². The first-order valence-electron chi connectivity index (χ1n) is 4.59. The maximum absolute atomic E-state index is 11.7. The number of hydrogen-bond acceptors (Lipinski definition) is 3. The van der Waals surface area contributed by atoms with Crippen molar-refractivity contribution in [3.8, 4) is 0 Å². The van der Waals surface area contributed by atoms with Crippen LogP contribution in [0, 0.1) is 0 Å². The van der Waals surface area contributed by atoms with Crippen molar-refractivity contribution >= 4 is 23.5 Å². The van der Waals surface area contributed by atoms with E-state index in [4.69, 9.17) is 11.6 Å². The molecule has 1 aromatic carbocycles. The zero-order valence-electron chi connectivity index (χ0n) is 8.22. The lowest BCUT2D eigenvalue weighted by atomic mass is 10.2. The van der Waals surface area contributed by atoms with Crippen molar-refractivity contribution in [3.05, 3.63) is 53.3 Å². The van der Waals surface area contributed by atoms with Crippen LogP contribution >= 0.6 is 11.6 Å². The lowest BCUT2D eigenvalue weighted by molar-refractivity contribution is 0.102. The highest BCUT2D eigenvalue weighted by atomic mass is 35.5. The van der Waals surface area contributed by atoms with Gasteiger partial charge in [-0.3, -0.25) is 10.1 Å². The molecule has 80 valence electrons. The minimum absolute atomic E-state index is 0.234. The largest absolute Gasteiger partial charge is 0.290 e. The molecule has 0 bridgehead atoms. The Morgan fingerprint density at radius 1 is 1.12 bits per heavy atom. The zero-order valence-corrected chi connectivity index (χ0v) is 8.98. The van der Waals surface area contributed by atoms with Gasteiger partial charge in [0, 0.05) is 5.56 Å². The average molecular weight is 234 g/mol. The molecule has 0 aliphatic rings. The summed E-state index contributed by atoms with van der Waals surface area (Å²) >= 11 is 5.63. The molecule has 2 aromatic rings. The highest BCUT2D eigenvalue weighted by Crippen LogP contribution is 2.07. The van der Waals surface area contributed by atoms with Crippen LogP contribution in [0.15, 0.2) is 42.7 Å². The Bertz CT molecular complexity index is 484. The molecule has 1 N–H and O–H groups in total. The molecule has 16 heavy (non-hydrogen) atoms. The van der Waals surface area contributed by atoms with Crippen LogP contribution in [0.2, 0.25) is 5.02 Å². The van der Waals surface area contributed by atoms with Crippen LogP contribution in [-0.2, 0) is 0 Å². The van der Waals surface area contributed by atoms with E-state index in [9.17, 15) is 4.79 Å². The normalized spacial score (nSPS) is 9.81. The van der Waals surface area contributed by atoms with Crippen LogP contribution in [0.5, 0.6) is 0 Å². The second-order valence-corrected chi connectivity index (χ2v) is 3.48. The summed E-state index contributed by atoms with van der Waals surface area (Å²) < 4.78 is 0. The van der Waals surface area contributed by atoms with Crippen molar-refractivity contribution in [1.82, 2.24) is 9.97 Å². The van der Waals surface area contributed by atoms with Gasteiger partial charge in [-0.05, 0) is 12.1 Å². The Hall–Kier alpha value is -1.94. The smallest absolute Gasteiger partial charge is 0.258 e. The Balaban J connectivity index is 2.11. The summed E-state index contributed by atoms with van der Waals surface area (Å²) in [7, 11) is 0. The number of amides is 1. The molecule has 1 aromatic heterocycles. The van der Waals surface area contributed by atoms with Gasteiger partial charge >= 0.3 is 0 Å². The van der Waals surface area contributed by atoms with Crippen molar-refractivity contribution in [3.63, 3.8) is 0 Å². The molecule has 0 saturated heterocycles. The molecule has 1 amide bonds. The number of rotatable bonds is 2. The Labute approximate surface area is 97.3 Å². The summed E-state index contributed by atoms with van der Waals surface area (Å²) in [6, 6.07) is 8.85. The Kier molecular flexibility index (Phi) is 3.12. The number of nitrogens with zero attached hydrogens (tertiary/aromatic N) is 2. The number of anilines is 1. The number of benzene rings is 1. The molecule has 0 saturated carbocycles. The molecule has 0 spiro atoms. The summed E-state index contributed by atoms with van der Waals surface area (Å²) in [5.41, 5.74) is 0.557. The van der Waals surface area contributed by atoms with Gasteiger partial charge in [0.1, 0.15) is 0 Å². The molecule has 0 atom stereocenters. The van der Waals surface area contributed by atoms with Crippen LogP contribution in [0.25, 0.3) is 0 Å². The Morgan fingerprint density at radius 3 is 2.38 bits per heavy atom. The maximum atomic E-state index is 11.7. The summed E-state index contributed by atoms with van der Waals surface area (Å²) in [5, 5.41) is 2.99. The van der Waals surface area contributed by atoms with Crippen molar-refractivity contribution in [2.45, 2.75) is 0 Å². The Morgan fingerprint density at radius 2 is 1.75 bits per heavy atom. The lowest BCUT2D eigenvalue weighted by Gasteiger charge is -2.02. The molecule has 0 aliphatic heterocycles. The van der Waals surface area contributed by atoms with Crippen LogP contribution in [0.4, 0.5) is 5.95 Å². The zero-order chi connectivity index (χ0) is 11.4. The fourth-order valence-electron chi connectivity index (χ4n) is 1.14. The van der Waals surface area contributed by atoms with Crippen LogP contribution in [-0.4, -0.2) is 15.9 Å². The monoisotopic (exact) mass is 233 g/mol. The van der Waals surface area contributed by atoms with Gasteiger partial charge < -0.3 is 0 Å². The van der Waals surface area contributed by atoms with Gasteiger partial charge in [0.25, 0.3) is 5.91 Å². The fraction of sp³-hybridized carbons (Fsp3) is 0. The van der Waals surface area contributed by atoms with E-state index in [-0.39, 0.29) is 11.9 Å². The van der Waals surface area contributed by atoms with E-state index in [0.717, 1.165) is 0 Å². The first-order valence-corrected chi connectivity index (χ1v) is 4.97. The first-order chi connectivity index (χ1) is 7.75. The van der Waals surface area contributed by atoms with Crippen LogP contribution < -0.4 is 5.32 Å². The third kappa shape index (κ3) is 2.55. The molecule has 4 nitrogen and oxygen atoms in total. The number of carbonyl (C=O) groups excluding carboxylic acids is 1. The van der Waals surface area contributed by atoms with Crippen molar-refractivity contribution in [2.75, 3.05) is 5.32 Å². The SMILES string of the molecule is O=C(Nc1ncc(Cl)cn1)c1ccccc1. The van der Waals surface area contributed by atoms with Crippen molar-refractivity contribution in [1.29, 1.82) is 0 Å². The third-order valence-corrected chi connectivity index (χ3v) is 2.08. The maximum Gasteiger partial charge on any atom is 0.258 e. The van der Waals surface area contributed by atoms with E-state index in [1.807, 2.05) is 6.07 Å². The predicted molar refractivity (Wildman–Crippen MR) is 61.4 cm³/mol. The van der Waals surface area contributed by atoms with Crippen LogP contribution in [0.3, 0.4) is 0 Å². The summed E-state index contributed by atoms with van der Waals surface area (Å²) in [6.45, 7) is 0. The van der Waals surface area contributed by atoms with E-state index < -0.39 is 0 Å². The molecule has 5 heteroatoms. The number of halogens is 1. The van der Waals surface area contributed by atoms with E-state index in [2.05, 4.69) is 15.3 Å². The second kappa shape index (κ2) is 4.72. The molecular formula is C11H8ClN3O. The second-order valence-electron chi connectivity index (χ2n) is 3.05. The predicted octanol–water partition coefficient (Wildman–Crippen LogP) is 2.38. The topological polar surface area (TPSA) is 54.9 Å². The molecule has 0 aliphatic carbocycles. The number of hydrogen-bond donors (Lipinski definition) is 1. The number of aromatic nitrogens is 2.